The van der Waals surface area contributed by atoms with Crippen molar-refractivity contribution >= 4 is 11.5 Å². The largest absolute Gasteiger partial charge is 0.396 e. The lowest BCUT2D eigenvalue weighted by molar-refractivity contribution is 0.262. The number of rotatable bonds is 3. The lowest BCUT2D eigenvalue weighted by Gasteiger charge is -2.36. The zero-order valence-corrected chi connectivity index (χ0v) is 9.76. The van der Waals surface area contributed by atoms with Gasteiger partial charge >= 0.3 is 0 Å². The summed E-state index contributed by atoms with van der Waals surface area (Å²) in [4.78, 5) is 2.25. The molecule has 0 aromatic carbocycles. The van der Waals surface area contributed by atoms with Crippen LogP contribution in [0.25, 0.3) is 0 Å². The van der Waals surface area contributed by atoms with Gasteiger partial charge in [-0.15, -0.1) is 0 Å². The number of hydrogen-bond acceptors (Lipinski definition) is 4. The molecule has 5 heteroatoms. The lowest BCUT2D eigenvalue weighted by Crippen LogP contribution is -2.40. The fourth-order valence-corrected chi connectivity index (χ4v) is 2.45. The van der Waals surface area contributed by atoms with Crippen LogP contribution in [-0.2, 0) is 7.05 Å². The van der Waals surface area contributed by atoms with Crippen LogP contribution in [0.2, 0.25) is 0 Å². The Kier molecular flexibility index (Phi) is 3.33. The Labute approximate surface area is 95.8 Å². The van der Waals surface area contributed by atoms with Crippen LogP contribution >= 0.6 is 0 Å². The molecule has 16 heavy (non-hydrogen) atoms. The number of piperidine rings is 1. The minimum Gasteiger partial charge on any atom is -0.396 e. The number of nitrogens with two attached hydrogens (primary N) is 1. The first-order valence-electron chi connectivity index (χ1n) is 5.89. The highest BCUT2D eigenvalue weighted by molar-refractivity contribution is 5.62. The van der Waals surface area contributed by atoms with Crippen molar-refractivity contribution in [1.82, 2.24) is 9.78 Å². The average molecular weight is 224 g/mol. The topological polar surface area (TPSA) is 67.3 Å². The molecule has 0 saturated carbocycles. The van der Waals surface area contributed by atoms with E-state index in [4.69, 9.17) is 10.8 Å². The first kappa shape index (κ1) is 11.3. The normalized spacial score (nSPS) is 21.4. The minimum atomic E-state index is 0.230. The smallest absolute Gasteiger partial charge is 0.174 e. The Morgan fingerprint density at radius 2 is 2.38 bits per heavy atom. The van der Waals surface area contributed by atoms with E-state index in [0.29, 0.717) is 6.04 Å². The molecule has 1 aliphatic heterocycles. The summed E-state index contributed by atoms with van der Waals surface area (Å²) in [5.74, 6) is 0.876. The van der Waals surface area contributed by atoms with E-state index >= 15 is 0 Å². The van der Waals surface area contributed by atoms with Gasteiger partial charge in [0.15, 0.2) is 5.82 Å². The third-order valence-corrected chi connectivity index (χ3v) is 3.20. The summed E-state index contributed by atoms with van der Waals surface area (Å²) < 4.78 is 1.75. The fraction of sp³-hybridized carbons (Fsp3) is 0.727. The van der Waals surface area contributed by atoms with E-state index in [0.717, 1.165) is 30.9 Å². The van der Waals surface area contributed by atoms with Gasteiger partial charge in [0, 0.05) is 32.4 Å². The maximum atomic E-state index is 9.07. The van der Waals surface area contributed by atoms with Crippen LogP contribution in [0.1, 0.15) is 25.7 Å². The summed E-state index contributed by atoms with van der Waals surface area (Å²) in [5.41, 5.74) is 6.67. The molecule has 2 heterocycles. The highest BCUT2D eigenvalue weighted by Crippen LogP contribution is 2.29. The van der Waals surface area contributed by atoms with Gasteiger partial charge in [-0.25, -0.2) is 0 Å². The van der Waals surface area contributed by atoms with E-state index in [9.17, 15) is 0 Å². The highest BCUT2D eigenvalue weighted by Gasteiger charge is 2.25. The number of aryl methyl sites for hydroxylation is 1. The quantitative estimate of drug-likeness (QED) is 0.795. The van der Waals surface area contributed by atoms with Gasteiger partial charge in [-0.1, -0.05) is 0 Å². The minimum absolute atomic E-state index is 0.230. The molecule has 0 amide bonds. The summed E-state index contributed by atoms with van der Waals surface area (Å²) in [5, 5.41) is 13.5. The van der Waals surface area contributed by atoms with Gasteiger partial charge in [0.25, 0.3) is 0 Å². The number of anilines is 2. The predicted octanol–water partition coefficient (Wildman–Crippen LogP) is 0.744. The van der Waals surface area contributed by atoms with Crippen LogP contribution in [0.5, 0.6) is 0 Å². The number of aromatic nitrogens is 2. The van der Waals surface area contributed by atoms with Crippen molar-refractivity contribution in [3.63, 3.8) is 0 Å². The van der Waals surface area contributed by atoms with E-state index < -0.39 is 0 Å². The summed E-state index contributed by atoms with van der Waals surface area (Å²) in [7, 11) is 1.88. The first-order chi connectivity index (χ1) is 7.72. The van der Waals surface area contributed by atoms with E-state index in [1.54, 1.807) is 4.68 Å². The van der Waals surface area contributed by atoms with Crippen molar-refractivity contribution in [2.75, 3.05) is 23.8 Å². The molecular weight excluding hydrogens is 204 g/mol. The Morgan fingerprint density at radius 1 is 1.56 bits per heavy atom. The van der Waals surface area contributed by atoms with Gasteiger partial charge in [-0.05, 0) is 25.7 Å². The van der Waals surface area contributed by atoms with Crippen molar-refractivity contribution in [3.05, 3.63) is 6.20 Å². The summed E-state index contributed by atoms with van der Waals surface area (Å²) in [6.45, 7) is 1.22. The average Bonchev–Trinajstić information content (AvgIpc) is 2.59. The van der Waals surface area contributed by atoms with Crippen molar-refractivity contribution in [3.8, 4) is 0 Å². The molecule has 1 aliphatic rings. The summed E-state index contributed by atoms with van der Waals surface area (Å²) in [6, 6.07) is 0.385. The van der Waals surface area contributed by atoms with E-state index in [-0.39, 0.29) is 6.61 Å². The van der Waals surface area contributed by atoms with Crippen molar-refractivity contribution in [1.29, 1.82) is 0 Å². The third-order valence-electron chi connectivity index (χ3n) is 3.20. The second-order valence-corrected chi connectivity index (χ2v) is 4.44. The predicted molar refractivity (Wildman–Crippen MR) is 64.3 cm³/mol. The summed E-state index contributed by atoms with van der Waals surface area (Å²) >= 11 is 0. The maximum Gasteiger partial charge on any atom is 0.174 e. The molecule has 2 rings (SSSR count). The number of nitrogens with zero attached hydrogens (tertiary/aromatic N) is 3. The molecule has 1 aromatic rings. The number of nitrogen functional groups attached to an aromatic ring is 1. The number of aliphatic hydroxyl groups is 1. The van der Waals surface area contributed by atoms with Crippen LogP contribution in [-0.4, -0.2) is 34.1 Å². The summed E-state index contributed by atoms with van der Waals surface area (Å²) in [6.07, 6.45) is 6.17. The third kappa shape index (κ3) is 2.14. The van der Waals surface area contributed by atoms with Gasteiger partial charge in [0.1, 0.15) is 0 Å². The highest BCUT2D eigenvalue weighted by atomic mass is 16.3. The van der Waals surface area contributed by atoms with Crippen LogP contribution in [0.15, 0.2) is 6.20 Å². The fourth-order valence-electron chi connectivity index (χ4n) is 2.45. The Morgan fingerprint density at radius 3 is 3.00 bits per heavy atom. The maximum absolute atomic E-state index is 9.07. The van der Waals surface area contributed by atoms with E-state index in [2.05, 4.69) is 10.00 Å². The van der Waals surface area contributed by atoms with Crippen molar-refractivity contribution in [2.45, 2.75) is 31.7 Å². The Balaban J connectivity index is 2.19. The first-order valence-corrected chi connectivity index (χ1v) is 5.89. The molecule has 1 atom stereocenters. The standard InChI is InChI=1S/C11H20N4O/c1-14-8-10(12)11(13-14)15-6-3-2-4-9(15)5-7-16/h8-9,16H,2-7,12H2,1H3. The molecule has 1 unspecified atom stereocenters. The monoisotopic (exact) mass is 224 g/mol. The molecule has 90 valence electrons. The molecule has 0 aliphatic carbocycles. The molecule has 0 radical (unpaired) electrons. The van der Waals surface area contributed by atoms with E-state index in [1.807, 2.05) is 13.2 Å². The Hall–Kier alpha value is -1.23. The van der Waals surface area contributed by atoms with Gasteiger partial charge in [0.2, 0.25) is 0 Å². The van der Waals surface area contributed by atoms with Gasteiger partial charge in [-0.2, -0.15) is 5.10 Å². The van der Waals surface area contributed by atoms with Crippen LogP contribution < -0.4 is 10.6 Å². The molecule has 1 fully saturated rings. The molecule has 5 nitrogen and oxygen atoms in total. The van der Waals surface area contributed by atoms with Gasteiger partial charge < -0.3 is 15.7 Å². The molecular formula is C11H20N4O. The van der Waals surface area contributed by atoms with Crippen LogP contribution in [0.3, 0.4) is 0 Å². The van der Waals surface area contributed by atoms with Gasteiger partial charge in [0.05, 0.1) is 5.69 Å². The van der Waals surface area contributed by atoms with Gasteiger partial charge in [-0.3, -0.25) is 4.68 Å². The second kappa shape index (κ2) is 4.74. The Bertz CT molecular complexity index is 348. The van der Waals surface area contributed by atoms with Crippen LogP contribution in [0, 0.1) is 0 Å². The molecule has 0 bridgehead atoms. The number of aliphatic hydroxyl groups excluding tert-OH is 1. The number of hydrogen-bond donors (Lipinski definition) is 2. The SMILES string of the molecule is Cn1cc(N)c(N2CCCCC2CCO)n1. The lowest BCUT2D eigenvalue weighted by atomic mass is 9.99. The molecule has 1 aromatic heterocycles. The van der Waals surface area contributed by atoms with Crippen molar-refractivity contribution in [2.24, 2.45) is 7.05 Å². The molecule has 1 saturated heterocycles. The zero-order valence-electron chi connectivity index (χ0n) is 9.76. The van der Waals surface area contributed by atoms with Crippen LogP contribution in [0.4, 0.5) is 11.5 Å². The second-order valence-electron chi connectivity index (χ2n) is 4.44. The molecule has 0 spiro atoms. The van der Waals surface area contributed by atoms with Crippen molar-refractivity contribution < 1.29 is 5.11 Å². The zero-order chi connectivity index (χ0) is 11.5. The molecule has 3 N–H and O–H groups in total. The van der Waals surface area contributed by atoms with E-state index in [1.165, 1.54) is 12.8 Å².